The first-order valence-electron chi connectivity index (χ1n) is 6.48. The van der Waals surface area contributed by atoms with E-state index >= 15 is 0 Å². The van der Waals surface area contributed by atoms with Crippen molar-refractivity contribution >= 4 is 16.8 Å². The molecule has 19 heavy (non-hydrogen) atoms. The summed E-state index contributed by atoms with van der Waals surface area (Å²) in [6, 6.07) is 2.26. The molecular weight excluding hydrogens is 250 g/mol. The third kappa shape index (κ3) is 2.25. The SMILES string of the molecule is O=C1CCCC1CCn1cnc2cc(F)c(F)cc21. The summed E-state index contributed by atoms with van der Waals surface area (Å²) in [6.45, 7) is 0.609. The predicted octanol–water partition coefficient (Wildman–Crippen LogP) is 3.07. The van der Waals surface area contributed by atoms with E-state index in [1.165, 1.54) is 0 Å². The first kappa shape index (κ1) is 12.3. The topological polar surface area (TPSA) is 34.9 Å². The number of rotatable bonds is 3. The van der Waals surface area contributed by atoms with Crippen molar-refractivity contribution in [2.45, 2.75) is 32.2 Å². The number of hydrogen-bond donors (Lipinski definition) is 0. The highest BCUT2D eigenvalue weighted by Crippen LogP contribution is 2.25. The molecule has 3 nitrogen and oxygen atoms in total. The Labute approximate surface area is 109 Å². The molecule has 1 aliphatic rings. The molecule has 0 radical (unpaired) electrons. The molecule has 3 rings (SSSR count). The van der Waals surface area contributed by atoms with Gasteiger partial charge in [0, 0.05) is 31.0 Å². The molecule has 1 heterocycles. The quantitative estimate of drug-likeness (QED) is 0.854. The van der Waals surface area contributed by atoms with Gasteiger partial charge < -0.3 is 4.57 Å². The molecule has 1 aromatic carbocycles. The number of halogens is 2. The first-order valence-corrected chi connectivity index (χ1v) is 6.48. The van der Waals surface area contributed by atoms with Crippen LogP contribution in [-0.4, -0.2) is 15.3 Å². The van der Waals surface area contributed by atoms with Gasteiger partial charge in [-0.05, 0) is 19.3 Å². The van der Waals surface area contributed by atoms with Crippen LogP contribution in [0.1, 0.15) is 25.7 Å². The maximum Gasteiger partial charge on any atom is 0.161 e. The summed E-state index contributed by atoms with van der Waals surface area (Å²) in [5, 5.41) is 0. The molecule has 0 amide bonds. The summed E-state index contributed by atoms with van der Waals surface area (Å²) in [4.78, 5) is 15.6. The van der Waals surface area contributed by atoms with Crippen molar-refractivity contribution < 1.29 is 13.6 Å². The summed E-state index contributed by atoms with van der Waals surface area (Å²) in [7, 11) is 0. The first-order chi connectivity index (χ1) is 9.15. The van der Waals surface area contributed by atoms with Crippen LogP contribution in [-0.2, 0) is 11.3 Å². The van der Waals surface area contributed by atoms with Crippen LogP contribution in [0.3, 0.4) is 0 Å². The molecule has 0 N–H and O–H groups in total. The van der Waals surface area contributed by atoms with Gasteiger partial charge in [-0.25, -0.2) is 13.8 Å². The number of nitrogens with zero attached hydrogens (tertiary/aromatic N) is 2. The molecule has 100 valence electrons. The molecule has 1 saturated carbocycles. The molecule has 1 unspecified atom stereocenters. The van der Waals surface area contributed by atoms with Crippen molar-refractivity contribution in [2.24, 2.45) is 5.92 Å². The number of ketones is 1. The zero-order chi connectivity index (χ0) is 13.4. The summed E-state index contributed by atoms with van der Waals surface area (Å²) < 4.78 is 28.1. The average molecular weight is 264 g/mol. The molecule has 0 saturated heterocycles. The Morgan fingerprint density at radius 2 is 2.11 bits per heavy atom. The maximum absolute atomic E-state index is 13.2. The van der Waals surface area contributed by atoms with Crippen molar-refractivity contribution in [2.75, 3.05) is 0 Å². The van der Waals surface area contributed by atoms with Gasteiger partial charge in [0.15, 0.2) is 11.6 Å². The zero-order valence-electron chi connectivity index (χ0n) is 10.4. The van der Waals surface area contributed by atoms with Crippen LogP contribution in [0, 0.1) is 17.6 Å². The van der Waals surface area contributed by atoms with Crippen LogP contribution in [0.4, 0.5) is 8.78 Å². The van der Waals surface area contributed by atoms with E-state index in [4.69, 9.17) is 0 Å². The third-order valence-corrected chi connectivity index (χ3v) is 3.81. The number of Topliss-reactive ketones (excluding diaryl/α,β-unsaturated/α-hetero) is 1. The zero-order valence-corrected chi connectivity index (χ0v) is 10.4. The molecular formula is C14H14F2N2O. The third-order valence-electron chi connectivity index (χ3n) is 3.81. The lowest BCUT2D eigenvalue weighted by Gasteiger charge is -2.09. The van der Waals surface area contributed by atoms with Gasteiger partial charge in [0.05, 0.1) is 17.4 Å². The van der Waals surface area contributed by atoms with Gasteiger partial charge in [-0.15, -0.1) is 0 Å². The Morgan fingerprint density at radius 1 is 1.32 bits per heavy atom. The van der Waals surface area contributed by atoms with E-state index in [0.717, 1.165) is 31.4 Å². The van der Waals surface area contributed by atoms with E-state index < -0.39 is 11.6 Å². The Kier molecular flexibility index (Phi) is 3.05. The minimum atomic E-state index is -0.885. The second-order valence-corrected chi connectivity index (χ2v) is 5.04. The number of benzene rings is 1. The molecule has 0 spiro atoms. The van der Waals surface area contributed by atoms with Crippen LogP contribution in [0.5, 0.6) is 0 Å². The summed E-state index contributed by atoms with van der Waals surface area (Å²) in [5.41, 5.74) is 1.01. The van der Waals surface area contributed by atoms with Gasteiger partial charge in [-0.1, -0.05) is 0 Å². The fraction of sp³-hybridized carbons (Fsp3) is 0.429. The number of aromatic nitrogens is 2. The predicted molar refractivity (Wildman–Crippen MR) is 66.6 cm³/mol. The lowest BCUT2D eigenvalue weighted by atomic mass is 10.0. The van der Waals surface area contributed by atoms with E-state index in [9.17, 15) is 13.6 Å². The molecule has 1 aliphatic carbocycles. The summed E-state index contributed by atoms with van der Waals surface area (Å²) in [5.74, 6) is -1.32. The van der Waals surface area contributed by atoms with Crippen molar-refractivity contribution in [3.8, 4) is 0 Å². The Morgan fingerprint density at radius 3 is 2.84 bits per heavy atom. The number of carbonyl (C=O) groups excluding carboxylic acids is 1. The number of hydrogen-bond acceptors (Lipinski definition) is 2. The Bertz CT molecular complexity index is 636. The number of carbonyl (C=O) groups is 1. The van der Waals surface area contributed by atoms with Gasteiger partial charge in [-0.3, -0.25) is 4.79 Å². The average Bonchev–Trinajstić information content (AvgIpc) is 2.95. The standard InChI is InChI=1S/C14H14F2N2O/c15-10-6-12-13(7-11(10)16)18(8-17-12)5-4-9-2-1-3-14(9)19/h6-9H,1-5H2. The van der Waals surface area contributed by atoms with Crippen LogP contribution in [0.2, 0.25) is 0 Å². The normalized spacial score (nSPS) is 19.5. The van der Waals surface area contributed by atoms with E-state index in [1.54, 1.807) is 10.9 Å². The van der Waals surface area contributed by atoms with Crippen LogP contribution in [0.15, 0.2) is 18.5 Å². The van der Waals surface area contributed by atoms with E-state index in [-0.39, 0.29) is 5.92 Å². The molecule has 1 fully saturated rings. The van der Waals surface area contributed by atoms with Gasteiger partial charge in [0.2, 0.25) is 0 Å². The largest absolute Gasteiger partial charge is 0.330 e. The van der Waals surface area contributed by atoms with E-state index in [2.05, 4.69) is 4.98 Å². The molecule has 5 heteroatoms. The Hall–Kier alpha value is -1.78. The number of aryl methyl sites for hydroxylation is 1. The lowest BCUT2D eigenvalue weighted by molar-refractivity contribution is -0.120. The number of fused-ring (bicyclic) bond motifs is 1. The highest BCUT2D eigenvalue weighted by molar-refractivity contribution is 5.82. The highest BCUT2D eigenvalue weighted by Gasteiger charge is 2.24. The minimum Gasteiger partial charge on any atom is -0.330 e. The van der Waals surface area contributed by atoms with Crippen molar-refractivity contribution in [3.63, 3.8) is 0 Å². The van der Waals surface area contributed by atoms with Gasteiger partial charge in [-0.2, -0.15) is 0 Å². The number of imidazole rings is 1. The smallest absolute Gasteiger partial charge is 0.161 e. The van der Waals surface area contributed by atoms with Crippen molar-refractivity contribution in [1.29, 1.82) is 0 Å². The lowest BCUT2D eigenvalue weighted by Crippen LogP contribution is -2.10. The monoisotopic (exact) mass is 264 g/mol. The minimum absolute atomic E-state index is 0.114. The maximum atomic E-state index is 13.2. The fourth-order valence-electron chi connectivity index (χ4n) is 2.72. The molecule has 2 aromatic rings. The Balaban J connectivity index is 1.81. The highest BCUT2D eigenvalue weighted by atomic mass is 19.2. The molecule has 1 atom stereocenters. The van der Waals surface area contributed by atoms with Crippen LogP contribution >= 0.6 is 0 Å². The second kappa shape index (κ2) is 4.72. The fourth-order valence-corrected chi connectivity index (χ4v) is 2.72. The van der Waals surface area contributed by atoms with E-state index in [0.29, 0.717) is 29.8 Å². The van der Waals surface area contributed by atoms with E-state index in [1.807, 2.05) is 0 Å². The van der Waals surface area contributed by atoms with Crippen molar-refractivity contribution in [3.05, 3.63) is 30.1 Å². The van der Waals surface area contributed by atoms with Crippen molar-refractivity contribution in [1.82, 2.24) is 9.55 Å². The molecule has 0 bridgehead atoms. The van der Waals surface area contributed by atoms with Crippen LogP contribution < -0.4 is 0 Å². The summed E-state index contributed by atoms with van der Waals surface area (Å²) >= 11 is 0. The van der Waals surface area contributed by atoms with Crippen LogP contribution in [0.25, 0.3) is 11.0 Å². The van der Waals surface area contributed by atoms with Gasteiger partial charge >= 0.3 is 0 Å². The molecule has 0 aliphatic heterocycles. The second-order valence-electron chi connectivity index (χ2n) is 5.04. The van der Waals surface area contributed by atoms with Gasteiger partial charge in [0.25, 0.3) is 0 Å². The molecule has 1 aromatic heterocycles. The van der Waals surface area contributed by atoms with Gasteiger partial charge in [0.1, 0.15) is 5.78 Å². The summed E-state index contributed by atoms with van der Waals surface area (Å²) in [6.07, 6.45) is 4.89.